The van der Waals surface area contributed by atoms with E-state index in [1.165, 1.54) is 19.3 Å². The summed E-state index contributed by atoms with van der Waals surface area (Å²) < 4.78 is 0. The van der Waals surface area contributed by atoms with Crippen molar-refractivity contribution in [1.82, 2.24) is 15.6 Å². The minimum absolute atomic E-state index is 0.111. The van der Waals surface area contributed by atoms with E-state index in [2.05, 4.69) is 28.2 Å². The Morgan fingerprint density at radius 1 is 1.11 bits per heavy atom. The molecule has 9 heteroatoms. The number of aromatic nitrogens is 1. The molecule has 0 radical (unpaired) electrons. The fourth-order valence-corrected chi connectivity index (χ4v) is 6.46. The lowest BCUT2D eigenvalue weighted by Crippen LogP contribution is -2.61. The molecule has 36 heavy (non-hydrogen) atoms. The van der Waals surface area contributed by atoms with Crippen molar-refractivity contribution >= 4 is 41.7 Å². The van der Waals surface area contributed by atoms with Crippen LogP contribution in [0.5, 0.6) is 0 Å². The smallest absolute Gasteiger partial charge is 0.326 e. The van der Waals surface area contributed by atoms with Crippen molar-refractivity contribution in [3.8, 4) is 10.6 Å². The molecular formula is C27H35N3O4S2. The molecule has 2 fully saturated rings. The van der Waals surface area contributed by atoms with Gasteiger partial charge in [-0.2, -0.15) is 12.6 Å². The van der Waals surface area contributed by atoms with E-state index in [9.17, 15) is 19.5 Å². The number of carbonyl (C=O) groups is 3. The van der Waals surface area contributed by atoms with Crippen LogP contribution in [0.2, 0.25) is 0 Å². The number of carbonyl (C=O) groups excluding carboxylic acids is 2. The summed E-state index contributed by atoms with van der Waals surface area (Å²) in [5.41, 5.74) is 0.460. The van der Waals surface area contributed by atoms with Crippen LogP contribution in [0.25, 0.3) is 10.6 Å². The number of hydrogen-bond acceptors (Lipinski definition) is 6. The zero-order chi connectivity index (χ0) is 25.5. The van der Waals surface area contributed by atoms with Crippen LogP contribution >= 0.6 is 24.0 Å². The van der Waals surface area contributed by atoms with Crippen molar-refractivity contribution in [2.45, 2.75) is 87.5 Å². The van der Waals surface area contributed by atoms with E-state index in [4.69, 9.17) is 0 Å². The Labute approximate surface area is 221 Å². The molecule has 7 nitrogen and oxygen atoms in total. The van der Waals surface area contributed by atoms with Crippen LogP contribution in [0, 0.1) is 5.92 Å². The third kappa shape index (κ3) is 6.68. The molecule has 2 aliphatic carbocycles. The van der Waals surface area contributed by atoms with Gasteiger partial charge in [-0.25, -0.2) is 4.79 Å². The van der Waals surface area contributed by atoms with Crippen LogP contribution in [0.3, 0.4) is 0 Å². The fourth-order valence-electron chi connectivity index (χ4n) is 5.40. The van der Waals surface area contributed by atoms with Crippen molar-refractivity contribution < 1.29 is 19.5 Å². The summed E-state index contributed by atoms with van der Waals surface area (Å²) in [4.78, 5) is 44.0. The minimum Gasteiger partial charge on any atom is -0.480 e. The summed E-state index contributed by atoms with van der Waals surface area (Å²) in [7, 11) is 0. The Morgan fingerprint density at radius 2 is 1.86 bits per heavy atom. The highest BCUT2D eigenvalue weighted by Gasteiger charge is 2.44. The van der Waals surface area contributed by atoms with E-state index < -0.39 is 28.7 Å². The lowest BCUT2D eigenvalue weighted by Gasteiger charge is -2.32. The molecule has 2 aromatic heterocycles. The van der Waals surface area contributed by atoms with Gasteiger partial charge < -0.3 is 15.7 Å². The molecule has 2 saturated carbocycles. The van der Waals surface area contributed by atoms with Gasteiger partial charge in [0.2, 0.25) is 11.8 Å². The zero-order valence-electron chi connectivity index (χ0n) is 20.4. The van der Waals surface area contributed by atoms with Crippen LogP contribution in [0.15, 0.2) is 35.8 Å². The number of aliphatic carboxylic acids is 1. The second-order valence-electron chi connectivity index (χ2n) is 10.1. The Hall–Kier alpha value is -2.39. The van der Waals surface area contributed by atoms with Gasteiger partial charge in [0.25, 0.3) is 0 Å². The lowest BCUT2D eigenvalue weighted by atomic mass is 9.85. The van der Waals surface area contributed by atoms with Crippen molar-refractivity contribution in [3.63, 3.8) is 0 Å². The lowest BCUT2D eigenvalue weighted by molar-refractivity contribution is -0.143. The number of pyridine rings is 1. The quantitative estimate of drug-likeness (QED) is 0.336. The fraction of sp³-hybridized carbons (Fsp3) is 0.556. The first-order chi connectivity index (χ1) is 17.4. The van der Waals surface area contributed by atoms with Crippen molar-refractivity contribution in [1.29, 1.82) is 0 Å². The van der Waals surface area contributed by atoms with Gasteiger partial charge in [-0.15, -0.1) is 11.3 Å². The highest BCUT2D eigenvalue weighted by molar-refractivity contribution is 7.81. The highest BCUT2D eigenvalue weighted by Crippen LogP contribution is 2.32. The SMILES string of the molecule is O=C(O)[C@H](Cc1ccc(-c2cccs2)nc1)NC(=O)C1(NC(=O)[C@@H](S)CC2CCCCC2)CCCC1. The van der Waals surface area contributed by atoms with Crippen molar-refractivity contribution in [2.24, 2.45) is 5.92 Å². The maximum absolute atomic E-state index is 13.4. The first-order valence-electron chi connectivity index (χ1n) is 12.9. The Kier molecular flexibility index (Phi) is 9.06. The maximum Gasteiger partial charge on any atom is 0.326 e. The molecule has 0 aliphatic heterocycles. The monoisotopic (exact) mass is 529 g/mol. The summed E-state index contributed by atoms with van der Waals surface area (Å²) in [6, 6.07) is 6.52. The molecule has 2 atom stereocenters. The average Bonchev–Trinajstić information content (AvgIpc) is 3.58. The van der Waals surface area contributed by atoms with Gasteiger partial charge in [-0.3, -0.25) is 14.6 Å². The molecule has 2 aliphatic rings. The molecule has 194 valence electrons. The molecule has 2 amide bonds. The number of nitrogens with zero attached hydrogens (tertiary/aromatic N) is 1. The van der Waals surface area contributed by atoms with Gasteiger partial charge in [-0.05, 0) is 48.3 Å². The highest BCUT2D eigenvalue weighted by atomic mass is 32.1. The number of amides is 2. The molecular weight excluding hydrogens is 494 g/mol. The molecule has 4 rings (SSSR count). The summed E-state index contributed by atoms with van der Waals surface area (Å²) in [6.45, 7) is 0. The second kappa shape index (κ2) is 12.2. The molecule has 2 heterocycles. The van der Waals surface area contributed by atoms with E-state index in [-0.39, 0.29) is 12.3 Å². The third-order valence-electron chi connectivity index (χ3n) is 7.48. The van der Waals surface area contributed by atoms with Crippen LogP contribution in [-0.2, 0) is 20.8 Å². The number of nitrogens with one attached hydrogen (secondary N) is 2. The number of hydrogen-bond donors (Lipinski definition) is 4. The molecule has 3 N–H and O–H groups in total. The Morgan fingerprint density at radius 3 is 2.47 bits per heavy atom. The topological polar surface area (TPSA) is 108 Å². The number of rotatable bonds is 10. The van der Waals surface area contributed by atoms with E-state index in [1.807, 2.05) is 29.6 Å². The van der Waals surface area contributed by atoms with Gasteiger partial charge in [0.15, 0.2) is 0 Å². The Bertz CT molecular complexity index is 1030. The average molecular weight is 530 g/mol. The Balaban J connectivity index is 1.39. The maximum atomic E-state index is 13.4. The number of thiophene rings is 1. The first-order valence-corrected chi connectivity index (χ1v) is 14.3. The number of thiol groups is 1. The summed E-state index contributed by atoms with van der Waals surface area (Å²) >= 11 is 6.15. The number of carboxylic acids is 1. The van der Waals surface area contributed by atoms with Crippen molar-refractivity contribution in [3.05, 3.63) is 41.4 Å². The summed E-state index contributed by atoms with van der Waals surface area (Å²) in [5.74, 6) is -1.28. The largest absolute Gasteiger partial charge is 0.480 e. The molecule has 0 spiro atoms. The van der Waals surface area contributed by atoms with E-state index >= 15 is 0 Å². The van der Waals surface area contributed by atoms with Gasteiger partial charge in [0.1, 0.15) is 11.6 Å². The van der Waals surface area contributed by atoms with Gasteiger partial charge >= 0.3 is 5.97 Å². The number of carboxylic acid groups (broad SMARTS) is 1. The van der Waals surface area contributed by atoms with E-state index in [0.717, 1.165) is 41.8 Å². The predicted molar refractivity (Wildman–Crippen MR) is 144 cm³/mol. The van der Waals surface area contributed by atoms with Crippen LogP contribution in [0.1, 0.15) is 69.8 Å². The second-order valence-corrected chi connectivity index (χ2v) is 11.7. The third-order valence-corrected chi connectivity index (χ3v) is 8.82. The normalized spacial score (nSPS) is 19.4. The molecule has 0 saturated heterocycles. The van der Waals surface area contributed by atoms with E-state index in [0.29, 0.717) is 25.2 Å². The molecule has 2 aromatic rings. The molecule has 0 aromatic carbocycles. The van der Waals surface area contributed by atoms with Crippen LogP contribution < -0.4 is 10.6 Å². The van der Waals surface area contributed by atoms with Gasteiger partial charge in [-0.1, -0.05) is 57.1 Å². The van der Waals surface area contributed by atoms with Crippen LogP contribution in [0.4, 0.5) is 0 Å². The predicted octanol–water partition coefficient (Wildman–Crippen LogP) is 4.62. The summed E-state index contributed by atoms with van der Waals surface area (Å²) in [6.07, 6.45) is 11.0. The molecule has 0 unspecified atom stereocenters. The molecule has 0 bridgehead atoms. The van der Waals surface area contributed by atoms with Crippen molar-refractivity contribution in [2.75, 3.05) is 0 Å². The van der Waals surface area contributed by atoms with Crippen LogP contribution in [-0.4, -0.2) is 44.7 Å². The summed E-state index contributed by atoms with van der Waals surface area (Å²) in [5, 5.41) is 17.0. The van der Waals surface area contributed by atoms with E-state index in [1.54, 1.807) is 17.5 Å². The standard InChI is InChI=1S/C27H35N3O4S2/c31-24(22(35)16-18-7-2-1-3-8-18)30-27(12-4-5-13-27)26(34)29-21(25(32)33)15-19-10-11-20(28-17-19)23-9-6-14-36-23/h6,9-11,14,17-18,21-22,35H,1-5,7-8,12-13,15-16H2,(H,29,34)(H,30,31)(H,32,33)/t21-,22-/m0/s1. The van der Waals surface area contributed by atoms with Gasteiger partial charge in [0, 0.05) is 12.6 Å². The minimum atomic E-state index is -1.12. The van der Waals surface area contributed by atoms with Gasteiger partial charge in [0.05, 0.1) is 15.8 Å². The zero-order valence-corrected chi connectivity index (χ0v) is 22.2. The first kappa shape index (κ1) is 26.7.